The van der Waals surface area contributed by atoms with Gasteiger partial charge in [0.25, 0.3) is 0 Å². The SMILES string of the molecule is CC1CCN(S(=O)(=O)c2ccccc2)CC1CN. The van der Waals surface area contributed by atoms with Crippen LogP contribution in [0.4, 0.5) is 0 Å². The predicted octanol–water partition coefficient (Wildman–Crippen LogP) is 1.29. The number of sulfonamides is 1. The maximum absolute atomic E-state index is 12.4. The van der Waals surface area contributed by atoms with Crippen LogP contribution in [0.1, 0.15) is 13.3 Å². The van der Waals surface area contributed by atoms with E-state index in [1.807, 2.05) is 6.07 Å². The standard InChI is InChI=1S/C13H20N2O2S/c1-11-7-8-15(10-12(11)9-14)18(16,17)13-5-3-2-4-6-13/h2-6,11-12H,7-10,14H2,1H3. The van der Waals surface area contributed by atoms with Crippen molar-refractivity contribution in [3.05, 3.63) is 30.3 Å². The van der Waals surface area contributed by atoms with Gasteiger partial charge in [0, 0.05) is 13.1 Å². The highest BCUT2D eigenvalue weighted by atomic mass is 32.2. The largest absolute Gasteiger partial charge is 0.330 e. The van der Waals surface area contributed by atoms with Crippen LogP contribution in [-0.4, -0.2) is 32.4 Å². The van der Waals surface area contributed by atoms with Crippen molar-refractivity contribution in [1.29, 1.82) is 0 Å². The van der Waals surface area contributed by atoms with Crippen LogP contribution in [0.2, 0.25) is 0 Å². The van der Waals surface area contributed by atoms with Gasteiger partial charge in [-0.3, -0.25) is 0 Å². The maximum atomic E-state index is 12.4. The van der Waals surface area contributed by atoms with Gasteiger partial charge in [0.15, 0.2) is 0 Å². The number of nitrogens with zero attached hydrogens (tertiary/aromatic N) is 1. The van der Waals surface area contributed by atoms with E-state index in [0.717, 1.165) is 6.42 Å². The number of benzene rings is 1. The first-order chi connectivity index (χ1) is 8.55. The molecule has 1 aromatic rings. The normalized spacial score (nSPS) is 26.1. The van der Waals surface area contributed by atoms with Crippen LogP contribution in [0.25, 0.3) is 0 Å². The number of hydrogen-bond acceptors (Lipinski definition) is 3. The second-order valence-corrected chi connectivity index (χ2v) is 6.88. The minimum absolute atomic E-state index is 0.261. The molecule has 1 aromatic carbocycles. The molecule has 0 aliphatic carbocycles. The summed E-state index contributed by atoms with van der Waals surface area (Å²) in [6.07, 6.45) is 0.883. The van der Waals surface area contributed by atoms with Crippen LogP contribution < -0.4 is 5.73 Å². The number of piperidine rings is 1. The Morgan fingerprint density at radius 2 is 2.00 bits per heavy atom. The van der Waals surface area contributed by atoms with Crippen molar-refractivity contribution >= 4 is 10.0 Å². The molecule has 1 aliphatic rings. The van der Waals surface area contributed by atoms with Gasteiger partial charge in [-0.25, -0.2) is 8.42 Å². The van der Waals surface area contributed by atoms with Gasteiger partial charge in [-0.2, -0.15) is 4.31 Å². The third-order valence-corrected chi connectivity index (χ3v) is 5.64. The predicted molar refractivity (Wildman–Crippen MR) is 71.5 cm³/mol. The topological polar surface area (TPSA) is 63.4 Å². The Kier molecular flexibility index (Phi) is 4.04. The first-order valence-corrected chi connectivity index (χ1v) is 7.75. The smallest absolute Gasteiger partial charge is 0.243 e. The van der Waals surface area contributed by atoms with Crippen molar-refractivity contribution in [2.45, 2.75) is 18.2 Å². The monoisotopic (exact) mass is 268 g/mol. The molecular weight excluding hydrogens is 248 g/mol. The summed E-state index contributed by atoms with van der Waals surface area (Å²) in [4.78, 5) is 0.371. The van der Waals surface area contributed by atoms with Crippen molar-refractivity contribution in [3.8, 4) is 0 Å². The molecular formula is C13H20N2O2S. The van der Waals surface area contributed by atoms with E-state index in [1.165, 1.54) is 0 Å². The summed E-state index contributed by atoms with van der Waals surface area (Å²) in [7, 11) is -3.35. The fourth-order valence-corrected chi connectivity index (χ4v) is 3.92. The van der Waals surface area contributed by atoms with Crippen LogP contribution in [0, 0.1) is 11.8 Å². The molecule has 0 radical (unpaired) electrons. The van der Waals surface area contributed by atoms with Crippen molar-refractivity contribution < 1.29 is 8.42 Å². The molecule has 2 N–H and O–H groups in total. The zero-order valence-electron chi connectivity index (χ0n) is 10.6. The minimum atomic E-state index is -3.35. The summed E-state index contributed by atoms with van der Waals surface area (Å²) in [5.74, 6) is 0.759. The fourth-order valence-electron chi connectivity index (χ4n) is 2.38. The van der Waals surface area contributed by atoms with Crippen LogP contribution in [0.15, 0.2) is 35.2 Å². The zero-order chi connectivity index (χ0) is 13.2. The summed E-state index contributed by atoms with van der Waals surface area (Å²) >= 11 is 0. The summed E-state index contributed by atoms with van der Waals surface area (Å²) in [5.41, 5.74) is 5.72. The highest BCUT2D eigenvalue weighted by molar-refractivity contribution is 7.89. The number of hydrogen-bond donors (Lipinski definition) is 1. The average Bonchev–Trinajstić information content (AvgIpc) is 2.40. The molecule has 0 amide bonds. The number of rotatable bonds is 3. The average molecular weight is 268 g/mol. The van der Waals surface area contributed by atoms with Crippen molar-refractivity contribution in [1.82, 2.24) is 4.31 Å². The Morgan fingerprint density at radius 1 is 1.33 bits per heavy atom. The lowest BCUT2D eigenvalue weighted by Crippen LogP contribution is -2.45. The molecule has 1 saturated heterocycles. The van der Waals surface area contributed by atoms with Gasteiger partial charge in [0.05, 0.1) is 4.90 Å². The third-order valence-electron chi connectivity index (χ3n) is 3.76. The van der Waals surface area contributed by atoms with Crippen LogP contribution in [0.3, 0.4) is 0 Å². The number of nitrogens with two attached hydrogens (primary N) is 1. The van der Waals surface area contributed by atoms with E-state index < -0.39 is 10.0 Å². The molecule has 5 heteroatoms. The minimum Gasteiger partial charge on any atom is -0.330 e. The summed E-state index contributed by atoms with van der Waals surface area (Å²) in [6.45, 7) is 3.82. The Morgan fingerprint density at radius 3 is 2.61 bits per heavy atom. The van der Waals surface area contributed by atoms with E-state index >= 15 is 0 Å². The van der Waals surface area contributed by atoms with E-state index in [2.05, 4.69) is 6.92 Å². The molecule has 1 heterocycles. The van der Waals surface area contributed by atoms with Crippen molar-refractivity contribution in [3.63, 3.8) is 0 Å². The van der Waals surface area contributed by atoms with Gasteiger partial charge in [-0.05, 0) is 36.9 Å². The van der Waals surface area contributed by atoms with Gasteiger partial charge in [0.1, 0.15) is 0 Å². The van der Waals surface area contributed by atoms with E-state index in [9.17, 15) is 8.42 Å². The van der Waals surface area contributed by atoms with Crippen molar-refractivity contribution in [2.75, 3.05) is 19.6 Å². The molecule has 2 atom stereocenters. The van der Waals surface area contributed by atoms with E-state index in [1.54, 1.807) is 28.6 Å². The fraction of sp³-hybridized carbons (Fsp3) is 0.538. The Labute approximate surface area is 109 Å². The highest BCUT2D eigenvalue weighted by Gasteiger charge is 2.32. The van der Waals surface area contributed by atoms with E-state index in [4.69, 9.17) is 5.73 Å². The lowest BCUT2D eigenvalue weighted by atomic mass is 9.88. The van der Waals surface area contributed by atoms with Gasteiger partial charge < -0.3 is 5.73 Å². The Bertz CT molecular complexity index is 487. The summed E-state index contributed by atoms with van der Waals surface area (Å²) in [5, 5.41) is 0. The zero-order valence-corrected chi connectivity index (χ0v) is 11.4. The van der Waals surface area contributed by atoms with Crippen molar-refractivity contribution in [2.24, 2.45) is 17.6 Å². The molecule has 18 heavy (non-hydrogen) atoms. The highest BCUT2D eigenvalue weighted by Crippen LogP contribution is 2.26. The molecule has 0 saturated carbocycles. The van der Waals surface area contributed by atoms with E-state index in [-0.39, 0.29) is 5.92 Å². The van der Waals surface area contributed by atoms with Gasteiger partial charge >= 0.3 is 0 Å². The molecule has 0 spiro atoms. The Hall–Kier alpha value is -0.910. The third kappa shape index (κ3) is 2.58. The molecule has 1 fully saturated rings. The maximum Gasteiger partial charge on any atom is 0.243 e. The molecule has 4 nitrogen and oxygen atoms in total. The molecule has 0 aromatic heterocycles. The second-order valence-electron chi connectivity index (χ2n) is 4.94. The molecule has 2 rings (SSSR count). The van der Waals surface area contributed by atoms with Crippen LogP contribution in [-0.2, 0) is 10.0 Å². The summed E-state index contributed by atoms with van der Waals surface area (Å²) < 4.78 is 26.5. The first-order valence-electron chi connectivity index (χ1n) is 6.31. The molecule has 2 unspecified atom stereocenters. The Balaban J connectivity index is 2.22. The van der Waals surface area contributed by atoms with E-state index in [0.29, 0.717) is 30.4 Å². The summed E-state index contributed by atoms with van der Waals surface area (Å²) in [6, 6.07) is 8.61. The quantitative estimate of drug-likeness (QED) is 0.898. The lowest BCUT2D eigenvalue weighted by Gasteiger charge is -2.35. The molecule has 1 aliphatic heterocycles. The lowest BCUT2D eigenvalue weighted by molar-refractivity contribution is 0.203. The molecule has 100 valence electrons. The van der Waals surface area contributed by atoms with Crippen LogP contribution in [0.5, 0.6) is 0 Å². The van der Waals surface area contributed by atoms with Gasteiger partial charge in [-0.15, -0.1) is 0 Å². The van der Waals surface area contributed by atoms with Gasteiger partial charge in [0.2, 0.25) is 10.0 Å². The van der Waals surface area contributed by atoms with Gasteiger partial charge in [-0.1, -0.05) is 25.1 Å². The van der Waals surface area contributed by atoms with Crippen LogP contribution >= 0.6 is 0 Å². The molecule has 0 bridgehead atoms. The second kappa shape index (κ2) is 5.38. The first kappa shape index (κ1) is 13.5.